The van der Waals surface area contributed by atoms with Gasteiger partial charge in [0.2, 0.25) is 0 Å². The van der Waals surface area contributed by atoms with E-state index in [2.05, 4.69) is 168 Å². The van der Waals surface area contributed by atoms with Gasteiger partial charge in [-0.25, -0.2) is 0 Å². The molecule has 0 amide bonds. The van der Waals surface area contributed by atoms with E-state index in [-0.39, 0.29) is 0 Å². The summed E-state index contributed by atoms with van der Waals surface area (Å²) in [7, 11) is 0. The predicted octanol–water partition coefficient (Wildman–Crippen LogP) is 10.9. The molecule has 0 N–H and O–H groups in total. The fourth-order valence-electron chi connectivity index (χ4n) is 6.13. The van der Waals surface area contributed by atoms with Crippen molar-refractivity contribution in [1.29, 1.82) is 0 Å². The Morgan fingerprint density at radius 1 is 0.293 bits per heavy atom. The van der Waals surface area contributed by atoms with Crippen LogP contribution < -0.4 is 0 Å². The minimum Gasteiger partial charge on any atom is -0.309 e. The summed E-state index contributed by atoms with van der Waals surface area (Å²) in [6, 6.07) is 59.3. The number of fused-ring (bicyclic) bond motifs is 4. The highest BCUT2D eigenvalue weighted by atomic mass is 15.0. The highest BCUT2D eigenvalue weighted by Gasteiger charge is 2.14. The quantitative estimate of drug-likeness (QED) is 0.217. The predicted molar refractivity (Wildman–Crippen MR) is 175 cm³/mol. The van der Waals surface area contributed by atoms with E-state index < -0.39 is 0 Å². The number of benzene rings is 7. The summed E-state index contributed by atoms with van der Waals surface area (Å²) < 4.78 is 2.40. The molecule has 0 radical (unpaired) electrons. The zero-order valence-corrected chi connectivity index (χ0v) is 22.5. The first-order valence-electron chi connectivity index (χ1n) is 14.1. The van der Waals surface area contributed by atoms with Crippen molar-refractivity contribution in [2.75, 3.05) is 0 Å². The molecule has 8 aromatic rings. The lowest BCUT2D eigenvalue weighted by Gasteiger charge is -2.13. The van der Waals surface area contributed by atoms with E-state index in [0.29, 0.717) is 0 Å². The SMILES string of the molecule is c1ccc(-c2cc(-c3ccccc3)cc(-c3ccc(-n4c5ccccc5c5cc6ccccc6cc54)cc3)c2)cc1. The minimum atomic E-state index is 1.16. The molecule has 0 unspecified atom stereocenters. The van der Waals surface area contributed by atoms with Crippen molar-refractivity contribution >= 4 is 32.6 Å². The van der Waals surface area contributed by atoms with Crippen LogP contribution in [-0.2, 0) is 0 Å². The Balaban J connectivity index is 1.28. The van der Waals surface area contributed by atoms with E-state index >= 15 is 0 Å². The van der Waals surface area contributed by atoms with Crippen LogP contribution in [0.15, 0.2) is 164 Å². The molecule has 0 saturated heterocycles. The lowest BCUT2D eigenvalue weighted by atomic mass is 9.93. The summed E-state index contributed by atoms with van der Waals surface area (Å²) in [5.74, 6) is 0. The molecule has 0 saturated carbocycles. The van der Waals surface area contributed by atoms with Gasteiger partial charge < -0.3 is 4.57 Å². The molecule has 1 aromatic heterocycles. The monoisotopic (exact) mass is 521 g/mol. The molecule has 8 rings (SSSR count). The molecule has 0 bridgehead atoms. The Bertz CT molecular complexity index is 2110. The lowest BCUT2D eigenvalue weighted by molar-refractivity contribution is 1.18. The third-order valence-corrected chi connectivity index (χ3v) is 8.15. The maximum Gasteiger partial charge on any atom is 0.0547 e. The average molecular weight is 522 g/mol. The van der Waals surface area contributed by atoms with Crippen LogP contribution in [0.25, 0.3) is 71.6 Å². The van der Waals surface area contributed by atoms with E-state index in [1.807, 2.05) is 0 Å². The largest absolute Gasteiger partial charge is 0.309 e. The highest BCUT2D eigenvalue weighted by Crippen LogP contribution is 2.36. The molecule has 0 spiro atoms. The topological polar surface area (TPSA) is 4.93 Å². The average Bonchev–Trinajstić information content (AvgIpc) is 3.37. The van der Waals surface area contributed by atoms with Gasteiger partial charge in [0.25, 0.3) is 0 Å². The van der Waals surface area contributed by atoms with Gasteiger partial charge in [-0.2, -0.15) is 0 Å². The molecule has 0 aliphatic heterocycles. The maximum atomic E-state index is 2.40. The van der Waals surface area contributed by atoms with Gasteiger partial charge in [0.1, 0.15) is 0 Å². The van der Waals surface area contributed by atoms with Crippen LogP contribution in [0.2, 0.25) is 0 Å². The van der Waals surface area contributed by atoms with Gasteiger partial charge in [-0.05, 0) is 92.7 Å². The molecule has 41 heavy (non-hydrogen) atoms. The Kier molecular flexibility index (Phi) is 5.53. The number of hydrogen-bond acceptors (Lipinski definition) is 0. The van der Waals surface area contributed by atoms with Crippen LogP contribution in [0.1, 0.15) is 0 Å². The second kappa shape index (κ2) is 9.66. The van der Waals surface area contributed by atoms with Crippen LogP contribution in [-0.4, -0.2) is 4.57 Å². The Labute approximate surface area is 239 Å². The summed E-state index contributed by atoms with van der Waals surface area (Å²) >= 11 is 0. The van der Waals surface area contributed by atoms with Gasteiger partial charge in [-0.1, -0.05) is 115 Å². The first-order chi connectivity index (χ1) is 20.3. The number of nitrogens with zero attached hydrogens (tertiary/aromatic N) is 1. The smallest absolute Gasteiger partial charge is 0.0547 e. The van der Waals surface area contributed by atoms with Gasteiger partial charge in [0.05, 0.1) is 11.0 Å². The second-order valence-electron chi connectivity index (χ2n) is 10.6. The third-order valence-electron chi connectivity index (χ3n) is 8.15. The Morgan fingerprint density at radius 2 is 0.780 bits per heavy atom. The molecule has 1 heterocycles. The molecule has 0 aliphatic carbocycles. The van der Waals surface area contributed by atoms with Gasteiger partial charge >= 0.3 is 0 Å². The van der Waals surface area contributed by atoms with Crippen molar-refractivity contribution in [3.05, 3.63) is 164 Å². The van der Waals surface area contributed by atoms with Crippen molar-refractivity contribution in [2.24, 2.45) is 0 Å². The first-order valence-corrected chi connectivity index (χ1v) is 14.1. The second-order valence-corrected chi connectivity index (χ2v) is 10.6. The van der Waals surface area contributed by atoms with Crippen molar-refractivity contribution in [2.45, 2.75) is 0 Å². The van der Waals surface area contributed by atoms with Crippen molar-refractivity contribution in [3.8, 4) is 39.1 Å². The van der Waals surface area contributed by atoms with Crippen molar-refractivity contribution < 1.29 is 0 Å². The van der Waals surface area contributed by atoms with Gasteiger partial charge in [-0.3, -0.25) is 0 Å². The van der Waals surface area contributed by atoms with Crippen LogP contribution in [0.4, 0.5) is 0 Å². The third kappa shape index (κ3) is 4.11. The first kappa shape index (κ1) is 23.5. The standard InChI is InChI=1S/C40H27N/c1-3-11-28(12-4-1)33-23-34(29-13-5-2-6-14-29)25-35(24-33)30-19-21-36(22-20-30)41-39-18-10-9-17-37(39)38-26-31-15-7-8-16-32(31)27-40(38)41/h1-27H. The normalized spacial score (nSPS) is 11.4. The lowest BCUT2D eigenvalue weighted by Crippen LogP contribution is -1.94. The highest BCUT2D eigenvalue weighted by molar-refractivity contribution is 6.13. The molecule has 1 nitrogen and oxygen atoms in total. The number of aromatic nitrogens is 1. The summed E-state index contributed by atoms with van der Waals surface area (Å²) in [6.07, 6.45) is 0. The van der Waals surface area contributed by atoms with E-state index in [0.717, 1.165) is 5.69 Å². The number of rotatable bonds is 4. The molecular formula is C40H27N. The van der Waals surface area contributed by atoms with E-state index in [4.69, 9.17) is 0 Å². The summed E-state index contributed by atoms with van der Waals surface area (Å²) in [5, 5.41) is 5.09. The maximum absolute atomic E-state index is 2.40. The number of hydrogen-bond donors (Lipinski definition) is 0. The molecule has 0 fully saturated rings. The molecular weight excluding hydrogens is 494 g/mol. The minimum absolute atomic E-state index is 1.16. The van der Waals surface area contributed by atoms with Gasteiger partial charge in [0, 0.05) is 16.5 Å². The van der Waals surface area contributed by atoms with E-state index in [1.54, 1.807) is 0 Å². The fraction of sp³-hybridized carbons (Fsp3) is 0. The van der Waals surface area contributed by atoms with Crippen LogP contribution in [0.3, 0.4) is 0 Å². The van der Waals surface area contributed by atoms with E-state index in [9.17, 15) is 0 Å². The van der Waals surface area contributed by atoms with Crippen LogP contribution in [0.5, 0.6) is 0 Å². The van der Waals surface area contributed by atoms with Crippen LogP contribution in [0, 0.1) is 0 Å². The van der Waals surface area contributed by atoms with Gasteiger partial charge in [-0.15, -0.1) is 0 Å². The summed E-state index contributed by atoms with van der Waals surface area (Å²) in [5.41, 5.74) is 10.9. The Morgan fingerprint density at radius 3 is 1.39 bits per heavy atom. The van der Waals surface area contributed by atoms with Crippen molar-refractivity contribution in [1.82, 2.24) is 4.57 Å². The molecule has 0 atom stereocenters. The molecule has 7 aromatic carbocycles. The summed E-state index contributed by atoms with van der Waals surface area (Å²) in [6.45, 7) is 0. The zero-order valence-electron chi connectivity index (χ0n) is 22.5. The Hall–Kier alpha value is -5.40. The van der Waals surface area contributed by atoms with E-state index in [1.165, 1.54) is 66.0 Å². The fourth-order valence-corrected chi connectivity index (χ4v) is 6.13. The van der Waals surface area contributed by atoms with Gasteiger partial charge in [0.15, 0.2) is 0 Å². The van der Waals surface area contributed by atoms with Crippen molar-refractivity contribution in [3.63, 3.8) is 0 Å². The molecule has 1 heteroatoms. The zero-order chi connectivity index (χ0) is 27.2. The summed E-state index contributed by atoms with van der Waals surface area (Å²) in [4.78, 5) is 0. The molecule has 0 aliphatic rings. The van der Waals surface area contributed by atoms with Crippen LogP contribution >= 0.6 is 0 Å². The number of para-hydroxylation sites is 1. The molecule has 192 valence electrons.